The van der Waals surface area contributed by atoms with Gasteiger partial charge in [-0.25, -0.2) is 0 Å². The molecule has 0 aromatic heterocycles. The summed E-state index contributed by atoms with van der Waals surface area (Å²) in [6, 6.07) is 0. The molecule has 0 saturated carbocycles. The fraction of sp³-hybridized carbons (Fsp3) is 0.727. The monoisotopic (exact) mass is 394 g/mol. The van der Waals surface area contributed by atoms with Crippen molar-refractivity contribution in [3.8, 4) is 11.5 Å². The van der Waals surface area contributed by atoms with Crippen molar-refractivity contribution in [2.24, 2.45) is 5.92 Å². The Kier molecular flexibility index (Phi) is 11.0. The van der Waals surface area contributed by atoms with Crippen LogP contribution in [0, 0.1) is 17.4 Å². The number of hydrogen-bond acceptors (Lipinski definition) is 2. The molecule has 0 aromatic rings. The maximum absolute atomic E-state index is 10.4. The van der Waals surface area contributed by atoms with Gasteiger partial charge in [0.1, 0.15) is 8.07 Å². The minimum absolute atomic E-state index is 0.128. The van der Waals surface area contributed by atoms with E-state index in [1.807, 2.05) is 6.08 Å². The molecule has 0 fully saturated rings. The third-order valence-electron chi connectivity index (χ3n) is 5.01. The van der Waals surface area contributed by atoms with E-state index in [1.54, 1.807) is 0 Å². The first-order valence-electron chi connectivity index (χ1n) is 9.90. The highest BCUT2D eigenvalue weighted by Gasteiger charge is 2.36. The zero-order valence-electron chi connectivity index (χ0n) is 18.5. The highest BCUT2D eigenvalue weighted by Crippen LogP contribution is 2.36. The first-order chi connectivity index (χ1) is 11.8. The summed E-state index contributed by atoms with van der Waals surface area (Å²) in [5.74, 6) is 3.41. The van der Waals surface area contributed by atoms with Gasteiger partial charge in [-0.1, -0.05) is 58.6 Å². The van der Waals surface area contributed by atoms with E-state index in [4.69, 9.17) is 4.43 Å². The summed E-state index contributed by atoms with van der Waals surface area (Å²) in [4.78, 5) is 0. The van der Waals surface area contributed by atoms with Crippen molar-refractivity contribution in [2.75, 3.05) is 6.61 Å². The Morgan fingerprint density at radius 1 is 1.08 bits per heavy atom. The highest BCUT2D eigenvalue weighted by atomic mass is 28.4. The minimum Gasteiger partial charge on any atom is -0.413 e. The predicted molar refractivity (Wildman–Crippen MR) is 122 cm³/mol. The number of aliphatic hydroxyl groups excluding tert-OH is 1. The second-order valence-corrected chi connectivity index (χ2v) is 19.2. The Hall–Kier alpha value is -0.606. The van der Waals surface area contributed by atoms with Crippen LogP contribution >= 0.6 is 0 Å². The summed E-state index contributed by atoms with van der Waals surface area (Å²) in [6.07, 6.45) is 9.12. The van der Waals surface area contributed by atoms with Crippen LogP contribution in [0.2, 0.25) is 37.8 Å². The van der Waals surface area contributed by atoms with Crippen LogP contribution in [0.15, 0.2) is 24.8 Å². The second-order valence-electron chi connectivity index (χ2n) is 9.68. The van der Waals surface area contributed by atoms with Gasteiger partial charge in [-0.05, 0) is 37.4 Å². The Bertz CT molecular complexity index is 499. The van der Waals surface area contributed by atoms with E-state index >= 15 is 0 Å². The molecule has 2 nitrogen and oxygen atoms in total. The molecule has 0 aliphatic carbocycles. The molecule has 4 heteroatoms. The van der Waals surface area contributed by atoms with Crippen LogP contribution in [0.4, 0.5) is 0 Å². The topological polar surface area (TPSA) is 29.5 Å². The molecule has 0 heterocycles. The van der Waals surface area contributed by atoms with E-state index < -0.39 is 16.4 Å². The molecular weight excluding hydrogens is 352 g/mol. The van der Waals surface area contributed by atoms with Gasteiger partial charge in [-0.15, -0.1) is 18.0 Å². The molecule has 26 heavy (non-hydrogen) atoms. The molecule has 0 bridgehead atoms. The normalized spacial score (nSPS) is 15.4. The summed E-state index contributed by atoms with van der Waals surface area (Å²) in [5, 5.41) is 10.6. The molecule has 0 rings (SSSR count). The van der Waals surface area contributed by atoms with Crippen molar-refractivity contribution in [3.05, 3.63) is 24.8 Å². The molecular formula is C22H42O2Si2. The van der Waals surface area contributed by atoms with Gasteiger partial charge < -0.3 is 9.53 Å². The lowest BCUT2D eigenvalue weighted by Gasteiger charge is -2.35. The van der Waals surface area contributed by atoms with Crippen LogP contribution in [0.25, 0.3) is 0 Å². The molecule has 0 saturated heterocycles. The number of rotatable bonds is 10. The smallest absolute Gasteiger partial charge is 0.192 e. The first-order valence-corrected chi connectivity index (χ1v) is 16.3. The molecule has 0 radical (unpaired) electrons. The van der Waals surface area contributed by atoms with E-state index in [1.165, 1.54) is 0 Å². The van der Waals surface area contributed by atoms with Crippen molar-refractivity contribution in [3.63, 3.8) is 0 Å². The minimum atomic E-state index is -1.67. The number of aliphatic hydroxyl groups is 1. The second kappa shape index (κ2) is 11.3. The van der Waals surface area contributed by atoms with Crippen LogP contribution in [-0.4, -0.2) is 34.2 Å². The maximum Gasteiger partial charge on any atom is 0.192 e. The van der Waals surface area contributed by atoms with Gasteiger partial charge in [0.25, 0.3) is 0 Å². The van der Waals surface area contributed by atoms with Gasteiger partial charge in [0.15, 0.2) is 8.32 Å². The molecule has 0 unspecified atom stereocenters. The quantitative estimate of drug-likeness (QED) is 0.273. The fourth-order valence-corrected chi connectivity index (χ4v) is 3.77. The molecule has 2 atom stereocenters. The first kappa shape index (κ1) is 25.4. The SMILES string of the molecule is C=C[C@@H](CCC#C[Si](C)(C)C)[C@H](O)CC/C=C\CO[Si](C)(C)C(C)(C)C. The van der Waals surface area contributed by atoms with Crippen molar-refractivity contribution in [1.29, 1.82) is 0 Å². The van der Waals surface area contributed by atoms with Gasteiger partial charge in [0, 0.05) is 12.3 Å². The maximum atomic E-state index is 10.4. The molecule has 150 valence electrons. The largest absolute Gasteiger partial charge is 0.413 e. The summed E-state index contributed by atoms with van der Waals surface area (Å²) >= 11 is 0. The van der Waals surface area contributed by atoms with Crippen LogP contribution in [0.5, 0.6) is 0 Å². The van der Waals surface area contributed by atoms with Crippen LogP contribution < -0.4 is 0 Å². The standard InChI is InChI=1S/C22H42O2Si2/c1-10-20(16-13-15-19-25(5,6)7)21(23)17-12-11-14-18-24-26(8,9)22(2,3)4/h10-11,14,20-21,23H,1,12-13,16-18H2,2-9H3/b14-11-/t20-,21+/m0/s1. The average molecular weight is 395 g/mol. The van der Waals surface area contributed by atoms with Gasteiger partial charge in [-0.2, -0.15) is 0 Å². The Balaban J connectivity index is 4.20. The van der Waals surface area contributed by atoms with E-state index in [-0.39, 0.29) is 17.1 Å². The van der Waals surface area contributed by atoms with E-state index in [0.29, 0.717) is 6.61 Å². The lowest BCUT2D eigenvalue weighted by Crippen LogP contribution is -2.40. The van der Waals surface area contributed by atoms with Gasteiger partial charge >= 0.3 is 0 Å². The van der Waals surface area contributed by atoms with Crippen LogP contribution in [0.1, 0.15) is 46.5 Å². The van der Waals surface area contributed by atoms with Crippen LogP contribution in [0.3, 0.4) is 0 Å². The van der Waals surface area contributed by atoms with Crippen molar-refractivity contribution in [2.45, 2.75) is 90.3 Å². The third kappa shape index (κ3) is 11.2. The van der Waals surface area contributed by atoms with Crippen molar-refractivity contribution >= 4 is 16.4 Å². The molecule has 0 aliphatic rings. The molecule has 0 aliphatic heterocycles. The Morgan fingerprint density at radius 2 is 1.69 bits per heavy atom. The van der Waals surface area contributed by atoms with Crippen LogP contribution in [-0.2, 0) is 4.43 Å². The summed E-state index contributed by atoms with van der Waals surface area (Å²) < 4.78 is 6.12. The molecule has 0 aromatic carbocycles. The van der Waals surface area contributed by atoms with Crippen molar-refractivity contribution in [1.82, 2.24) is 0 Å². The molecule has 0 amide bonds. The predicted octanol–water partition coefficient (Wildman–Crippen LogP) is 6.17. The number of hydrogen-bond donors (Lipinski definition) is 1. The Labute approximate surface area is 165 Å². The van der Waals surface area contributed by atoms with Gasteiger partial charge in [-0.3, -0.25) is 0 Å². The summed E-state index contributed by atoms with van der Waals surface area (Å²) in [7, 11) is -2.96. The lowest BCUT2D eigenvalue weighted by atomic mass is 9.94. The summed E-state index contributed by atoms with van der Waals surface area (Å²) in [5.41, 5.74) is 3.38. The third-order valence-corrected chi connectivity index (χ3v) is 10.4. The molecule has 0 spiro atoms. The van der Waals surface area contributed by atoms with E-state index in [0.717, 1.165) is 25.7 Å². The van der Waals surface area contributed by atoms with E-state index in [2.05, 4.69) is 83.7 Å². The zero-order valence-corrected chi connectivity index (χ0v) is 20.5. The zero-order chi connectivity index (χ0) is 20.4. The van der Waals surface area contributed by atoms with Gasteiger partial charge in [0.05, 0.1) is 12.7 Å². The van der Waals surface area contributed by atoms with Crippen molar-refractivity contribution < 1.29 is 9.53 Å². The fourth-order valence-electron chi connectivity index (χ4n) is 2.17. The van der Waals surface area contributed by atoms with Gasteiger partial charge in [0.2, 0.25) is 0 Å². The Morgan fingerprint density at radius 3 is 2.19 bits per heavy atom. The average Bonchev–Trinajstić information content (AvgIpc) is 2.48. The highest BCUT2D eigenvalue weighted by molar-refractivity contribution is 6.83. The number of allylic oxidation sites excluding steroid dienone is 1. The lowest BCUT2D eigenvalue weighted by molar-refractivity contribution is 0.118. The molecule has 1 N–H and O–H groups in total. The summed E-state index contributed by atoms with van der Waals surface area (Å²) in [6.45, 7) is 22.6. The van der Waals surface area contributed by atoms with E-state index in [9.17, 15) is 5.11 Å².